The quantitative estimate of drug-likeness (QED) is 0.792. The lowest BCUT2D eigenvalue weighted by molar-refractivity contribution is 0.277. The molecule has 2 unspecified atom stereocenters. The van der Waals surface area contributed by atoms with Crippen LogP contribution >= 0.6 is 0 Å². The van der Waals surface area contributed by atoms with Crippen LogP contribution in [0.3, 0.4) is 0 Å². The van der Waals surface area contributed by atoms with Crippen LogP contribution < -0.4 is 10.2 Å². The molecule has 2 aliphatic rings. The van der Waals surface area contributed by atoms with Crippen LogP contribution in [0.25, 0.3) is 0 Å². The fraction of sp³-hybridized carbons (Fsp3) is 0.429. The van der Waals surface area contributed by atoms with E-state index in [2.05, 4.69) is 65.9 Å². The Balaban J connectivity index is 2.05. The van der Waals surface area contributed by atoms with Gasteiger partial charge in [-0.1, -0.05) is 18.2 Å². The van der Waals surface area contributed by atoms with E-state index in [4.69, 9.17) is 0 Å². The van der Waals surface area contributed by atoms with Crippen molar-refractivity contribution in [2.45, 2.75) is 25.0 Å². The predicted molar refractivity (Wildman–Crippen MR) is 70.8 cm³/mol. The van der Waals surface area contributed by atoms with Crippen molar-refractivity contribution in [1.29, 1.82) is 0 Å². The Labute approximate surface area is 103 Å². The molecule has 2 atom stereocenters. The van der Waals surface area contributed by atoms with Crippen LogP contribution in [0.2, 0.25) is 0 Å². The van der Waals surface area contributed by atoms with Crippen molar-refractivity contribution >= 4 is 5.69 Å². The van der Waals surface area contributed by atoms with Crippen LogP contribution in [-0.2, 0) is 6.42 Å². The van der Waals surface area contributed by atoms with Gasteiger partial charge in [0.05, 0.1) is 0 Å². The van der Waals surface area contributed by atoms with Gasteiger partial charge in [-0.3, -0.25) is 0 Å². The smallest absolute Gasteiger partial charge is 0.121 e. The van der Waals surface area contributed by atoms with Crippen molar-refractivity contribution in [3.63, 3.8) is 0 Å². The first-order valence-corrected chi connectivity index (χ1v) is 6.25. The van der Waals surface area contributed by atoms with Gasteiger partial charge in [0, 0.05) is 31.2 Å². The average Bonchev–Trinajstić information content (AvgIpc) is 2.66. The first-order chi connectivity index (χ1) is 8.31. The molecule has 0 saturated heterocycles. The van der Waals surface area contributed by atoms with Crippen LogP contribution in [0.1, 0.15) is 12.0 Å². The molecule has 3 rings (SSSR count). The highest BCUT2D eigenvalue weighted by molar-refractivity contribution is 5.59. The molecule has 0 aromatic heterocycles. The molecule has 0 fully saturated rings. The molecule has 0 bridgehead atoms. The van der Waals surface area contributed by atoms with Crippen molar-refractivity contribution in [2.75, 3.05) is 19.0 Å². The molecule has 1 N–H and O–H groups in total. The molecule has 2 aliphatic heterocycles. The molecule has 90 valence electrons. The second kappa shape index (κ2) is 4.08. The second-order valence-electron chi connectivity index (χ2n) is 4.85. The summed E-state index contributed by atoms with van der Waals surface area (Å²) >= 11 is 0. The maximum Gasteiger partial charge on any atom is 0.121 e. The van der Waals surface area contributed by atoms with E-state index >= 15 is 0 Å². The first-order valence-electron chi connectivity index (χ1n) is 6.25. The fourth-order valence-electron chi connectivity index (χ4n) is 2.98. The number of hydrogen-bond donors (Lipinski definition) is 1. The van der Waals surface area contributed by atoms with Crippen molar-refractivity contribution in [3.8, 4) is 0 Å². The third-order valence-corrected chi connectivity index (χ3v) is 3.89. The maximum absolute atomic E-state index is 3.46. The molecular formula is C14H19N3. The number of hydrogen-bond acceptors (Lipinski definition) is 3. The Bertz CT molecular complexity index is 441. The van der Waals surface area contributed by atoms with Crippen LogP contribution in [0, 0.1) is 0 Å². The monoisotopic (exact) mass is 229 g/mol. The van der Waals surface area contributed by atoms with Gasteiger partial charge in [0.2, 0.25) is 0 Å². The number of rotatable bonds is 1. The van der Waals surface area contributed by atoms with E-state index in [9.17, 15) is 0 Å². The number of fused-ring (bicyclic) bond motifs is 3. The van der Waals surface area contributed by atoms with Gasteiger partial charge in [0.25, 0.3) is 0 Å². The minimum absolute atomic E-state index is 0.406. The molecule has 1 aromatic rings. The molecule has 0 saturated carbocycles. The van der Waals surface area contributed by atoms with E-state index in [-0.39, 0.29) is 0 Å². The largest absolute Gasteiger partial charge is 0.357 e. The van der Waals surface area contributed by atoms with Crippen molar-refractivity contribution < 1.29 is 0 Å². The minimum atomic E-state index is 0.406. The van der Waals surface area contributed by atoms with Crippen LogP contribution in [0.5, 0.6) is 0 Å². The lowest BCUT2D eigenvalue weighted by Crippen LogP contribution is -2.50. The highest BCUT2D eigenvalue weighted by Gasteiger charge is 2.34. The summed E-state index contributed by atoms with van der Waals surface area (Å²) in [5, 5.41) is 3.46. The van der Waals surface area contributed by atoms with E-state index in [1.165, 1.54) is 17.7 Å². The van der Waals surface area contributed by atoms with Gasteiger partial charge in [-0.25, -0.2) is 0 Å². The van der Waals surface area contributed by atoms with Crippen LogP contribution in [-0.4, -0.2) is 31.2 Å². The summed E-state index contributed by atoms with van der Waals surface area (Å²) in [7, 11) is 4.21. The summed E-state index contributed by atoms with van der Waals surface area (Å²) < 4.78 is 0. The molecule has 3 heteroatoms. The Kier molecular flexibility index (Phi) is 2.56. The molecular weight excluding hydrogens is 210 g/mol. The first kappa shape index (κ1) is 10.7. The van der Waals surface area contributed by atoms with Gasteiger partial charge >= 0.3 is 0 Å². The number of likely N-dealkylation sites (N-methyl/N-ethyl adjacent to an activating group) is 2. The van der Waals surface area contributed by atoms with E-state index in [1.807, 2.05) is 0 Å². The Morgan fingerprint density at radius 1 is 1.24 bits per heavy atom. The molecule has 0 aliphatic carbocycles. The molecule has 0 amide bonds. The lowest BCUT2D eigenvalue weighted by atomic mass is 10.1. The van der Waals surface area contributed by atoms with Gasteiger partial charge in [0.1, 0.15) is 6.17 Å². The van der Waals surface area contributed by atoms with E-state index < -0.39 is 0 Å². The minimum Gasteiger partial charge on any atom is -0.357 e. The van der Waals surface area contributed by atoms with Gasteiger partial charge in [0.15, 0.2) is 0 Å². The summed E-state index contributed by atoms with van der Waals surface area (Å²) in [6, 6.07) is 9.24. The number of aryl methyl sites for hydroxylation is 1. The zero-order valence-corrected chi connectivity index (χ0v) is 10.4. The molecule has 1 aromatic carbocycles. The van der Waals surface area contributed by atoms with E-state index in [1.54, 1.807) is 0 Å². The molecule has 3 nitrogen and oxygen atoms in total. The predicted octanol–water partition coefficient (Wildman–Crippen LogP) is 1.77. The fourth-order valence-corrected chi connectivity index (χ4v) is 2.98. The van der Waals surface area contributed by atoms with E-state index in [0.29, 0.717) is 12.2 Å². The number of anilines is 1. The normalized spacial score (nSPS) is 26.7. The van der Waals surface area contributed by atoms with Gasteiger partial charge in [-0.15, -0.1) is 0 Å². The topological polar surface area (TPSA) is 18.5 Å². The van der Waals surface area contributed by atoms with Gasteiger partial charge in [-0.2, -0.15) is 0 Å². The Hall–Kier alpha value is -1.48. The zero-order valence-electron chi connectivity index (χ0n) is 10.4. The third-order valence-electron chi connectivity index (χ3n) is 3.89. The average molecular weight is 229 g/mol. The maximum atomic E-state index is 3.46. The van der Waals surface area contributed by atoms with Crippen molar-refractivity contribution in [2.24, 2.45) is 0 Å². The highest BCUT2D eigenvalue weighted by Crippen LogP contribution is 2.33. The van der Waals surface area contributed by atoms with Gasteiger partial charge < -0.3 is 15.1 Å². The molecule has 2 heterocycles. The third kappa shape index (κ3) is 1.62. The zero-order chi connectivity index (χ0) is 11.8. The van der Waals surface area contributed by atoms with Gasteiger partial charge in [-0.05, 0) is 31.5 Å². The standard InChI is InChI=1S/C14H19N3/c1-15-12-8-7-11-5-3-4-6-13(11)17-10-9-16(2)14(12)17/h3-6,9-10,12,14-15H,7-8H2,1-2H3. The highest BCUT2D eigenvalue weighted by atomic mass is 15.4. The summed E-state index contributed by atoms with van der Waals surface area (Å²) in [5.74, 6) is 0. The number of benzene rings is 1. The van der Waals surface area contributed by atoms with Crippen LogP contribution in [0.15, 0.2) is 36.7 Å². The molecule has 0 spiro atoms. The van der Waals surface area contributed by atoms with Crippen molar-refractivity contribution in [1.82, 2.24) is 10.2 Å². The number of nitrogens with one attached hydrogen (secondary N) is 1. The second-order valence-corrected chi connectivity index (χ2v) is 4.85. The van der Waals surface area contributed by atoms with E-state index in [0.717, 1.165) is 6.42 Å². The number of nitrogens with zero attached hydrogens (tertiary/aromatic N) is 2. The van der Waals surface area contributed by atoms with Crippen LogP contribution in [0.4, 0.5) is 5.69 Å². The molecule has 0 radical (unpaired) electrons. The Morgan fingerprint density at radius 2 is 2.06 bits per heavy atom. The molecule has 17 heavy (non-hydrogen) atoms. The summed E-state index contributed by atoms with van der Waals surface area (Å²) in [4.78, 5) is 4.69. The summed E-state index contributed by atoms with van der Waals surface area (Å²) in [5.41, 5.74) is 2.81. The summed E-state index contributed by atoms with van der Waals surface area (Å²) in [6.45, 7) is 0. The lowest BCUT2D eigenvalue weighted by Gasteiger charge is -2.35. The van der Waals surface area contributed by atoms with Crippen molar-refractivity contribution in [3.05, 3.63) is 42.2 Å². The number of para-hydroxylation sites is 1. The SMILES string of the molecule is CNC1CCc2ccccc2N2C=CN(C)C12. The Morgan fingerprint density at radius 3 is 2.88 bits per heavy atom. The summed E-state index contributed by atoms with van der Waals surface area (Å²) in [6.07, 6.45) is 7.09.